The van der Waals surface area contributed by atoms with Gasteiger partial charge in [-0.15, -0.1) is 0 Å². The minimum absolute atomic E-state index is 0.547. The van der Waals surface area contributed by atoms with Gasteiger partial charge in [-0.1, -0.05) is 29.8 Å². The monoisotopic (exact) mass is 270 g/mol. The molecule has 0 saturated carbocycles. The van der Waals surface area contributed by atoms with Crippen LogP contribution in [0.5, 0.6) is 0 Å². The number of amides is 1. The van der Waals surface area contributed by atoms with Crippen molar-refractivity contribution in [3.05, 3.63) is 35.4 Å². The summed E-state index contributed by atoms with van der Waals surface area (Å²) in [5.41, 5.74) is 9.59. The maximum atomic E-state index is 11.6. The molecule has 1 aromatic carbocycles. The molecule has 1 aliphatic heterocycles. The summed E-state index contributed by atoms with van der Waals surface area (Å²) in [4.78, 5) is 11.6. The van der Waals surface area contributed by atoms with E-state index >= 15 is 0 Å². The molecule has 1 amide bonds. The van der Waals surface area contributed by atoms with Gasteiger partial charge in [0.2, 0.25) is 0 Å². The van der Waals surface area contributed by atoms with Crippen molar-refractivity contribution >= 4 is 11.8 Å². The first-order valence-corrected chi connectivity index (χ1v) is 6.89. The largest absolute Gasteiger partial charge is 0.370 e. The zero-order valence-electron chi connectivity index (χ0n) is 11.5. The Balaban J connectivity index is 2.15. The van der Waals surface area contributed by atoms with E-state index in [1.165, 1.54) is 10.2 Å². The zero-order chi connectivity index (χ0) is 14.1. The van der Waals surface area contributed by atoms with Crippen molar-refractivity contribution in [2.45, 2.75) is 26.2 Å². The van der Waals surface area contributed by atoms with Gasteiger partial charge in [-0.05, 0) is 26.2 Å². The van der Waals surface area contributed by atoms with Crippen molar-refractivity contribution < 1.29 is 4.79 Å². The molecule has 5 nitrogen and oxygen atoms in total. The second kappa shape index (κ2) is 5.00. The zero-order valence-corrected chi connectivity index (χ0v) is 11.5. The van der Waals surface area contributed by atoms with Gasteiger partial charge in [-0.3, -0.25) is 0 Å². The van der Waals surface area contributed by atoms with Crippen LogP contribution in [0.15, 0.2) is 24.3 Å². The molecule has 0 fully saturated rings. The van der Waals surface area contributed by atoms with E-state index in [1.54, 1.807) is 0 Å². The van der Waals surface area contributed by atoms with Gasteiger partial charge >= 0.3 is 6.03 Å². The van der Waals surface area contributed by atoms with Gasteiger partial charge in [-0.2, -0.15) is 9.78 Å². The Hall–Kier alpha value is -2.30. The van der Waals surface area contributed by atoms with Crippen LogP contribution in [0.3, 0.4) is 0 Å². The maximum absolute atomic E-state index is 11.6. The van der Waals surface area contributed by atoms with Crippen LogP contribution >= 0.6 is 0 Å². The fraction of sp³-hybridized carbons (Fsp3) is 0.333. The van der Waals surface area contributed by atoms with E-state index < -0.39 is 6.03 Å². The van der Waals surface area contributed by atoms with E-state index in [-0.39, 0.29) is 0 Å². The number of rotatable bonds is 1. The average molecular weight is 270 g/mol. The molecule has 0 atom stereocenters. The molecule has 104 valence electrons. The van der Waals surface area contributed by atoms with Gasteiger partial charge in [0, 0.05) is 17.7 Å². The third-order valence-electron chi connectivity index (χ3n) is 3.66. The number of carbonyl (C=O) groups is 1. The fourth-order valence-electron chi connectivity index (χ4n) is 2.61. The lowest BCUT2D eigenvalue weighted by atomic mass is 10.0. The van der Waals surface area contributed by atoms with Gasteiger partial charge in [-0.25, -0.2) is 4.79 Å². The standard InChI is InChI=1S/C15H18N4O/c1-10-5-7-11(8-6-10)13-12-4-2-3-9-17-14(12)19(18-13)15(16)20/h5-8,17H,2-4,9H2,1H3,(H2,16,20). The molecular weight excluding hydrogens is 252 g/mol. The van der Waals surface area contributed by atoms with Crippen molar-refractivity contribution in [2.75, 3.05) is 11.9 Å². The summed E-state index contributed by atoms with van der Waals surface area (Å²) in [6.07, 6.45) is 3.09. The number of benzene rings is 1. The molecule has 0 radical (unpaired) electrons. The van der Waals surface area contributed by atoms with Crippen molar-refractivity contribution in [1.29, 1.82) is 0 Å². The smallest absolute Gasteiger partial charge is 0.341 e. The van der Waals surface area contributed by atoms with Crippen LogP contribution in [-0.4, -0.2) is 22.4 Å². The van der Waals surface area contributed by atoms with Crippen LogP contribution in [0.2, 0.25) is 0 Å². The summed E-state index contributed by atoms with van der Waals surface area (Å²) in [6, 6.07) is 7.63. The van der Waals surface area contributed by atoms with Crippen LogP contribution in [0.25, 0.3) is 11.3 Å². The first kappa shape index (κ1) is 12.7. The van der Waals surface area contributed by atoms with Crippen molar-refractivity contribution in [1.82, 2.24) is 9.78 Å². The number of aryl methyl sites for hydroxylation is 1. The molecule has 2 aromatic rings. The number of nitrogens with zero attached hydrogens (tertiary/aromatic N) is 2. The van der Waals surface area contributed by atoms with Gasteiger partial charge in [0.25, 0.3) is 0 Å². The highest BCUT2D eigenvalue weighted by atomic mass is 16.2. The second-order valence-corrected chi connectivity index (χ2v) is 5.18. The number of hydrogen-bond acceptors (Lipinski definition) is 3. The number of fused-ring (bicyclic) bond motifs is 1. The number of primary amides is 1. The van der Waals surface area contributed by atoms with Crippen molar-refractivity contribution in [3.63, 3.8) is 0 Å². The quantitative estimate of drug-likeness (QED) is 0.836. The Morgan fingerprint density at radius 2 is 2.05 bits per heavy atom. The average Bonchev–Trinajstić information content (AvgIpc) is 2.63. The van der Waals surface area contributed by atoms with E-state index in [2.05, 4.69) is 22.5 Å². The Kier molecular flexibility index (Phi) is 3.18. The molecular formula is C15H18N4O. The predicted octanol–water partition coefficient (Wildman–Crippen LogP) is 2.53. The van der Waals surface area contributed by atoms with Crippen LogP contribution < -0.4 is 11.1 Å². The number of nitrogens with one attached hydrogen (secondary N) is 1. The second-order valence-electron chi connectivity index (χ2n) is 5.18. The minimum Gasteiger partial charge on any atom is -0.370 e. The summed E-state index contributed by atoms with van der Waals surface area (Å²) >= 11 is 0. The topological polar surface area (TPSA) is 72.9 Å². The molecule has 1 aromatic heterocycles. The summed E-state index contributed by atoms with van der Waals surface area (Å²) in [7, 11) is 0. The van der Waals surface area contributed by atoms with Crippen LogP contribution in [0.1, 0.15) is 24.0 Å². The molecule has 5 heteroatoms. The summed E-state index contributed by atoms with van der Waals surface area (Å²) in [5.74, 6) is 0.755. The number of nitrogens with two attached hydrogens (primary N) is 1. The predicted molar refractivity (Wildman–Crippen MR) is 78.8 cm³/mol. The highest BCUT2D eigenvalue weighted by molar-refractivity contribution is 5.82. The number of hydrogen-bond donors (Lipinski definition) is 2. The first-order chi connectivity index (χ1) is 9.66. The Morgan fingerprint density at radius 3 is 2.75 bits per heavy atom. The fourth-order valence-corrected chi connectivity index (χ4v) is 2.61. The van der Waals surface area contributed by atoms with E-state index in [9.17, 15) is 4.79 Å². The van der Waals surface area contributed by atoms with Crippen LogP contribution in [0.4, 0.5) is 10.6 Å². The third-order valence-corrected chi connectivity index (χ3v) is 3.66. The van der Waals surface area contributed by atoms with Gasteiger partial charge in [0.1, 0.15) is 5.82 Å². The van der Waals surface area contributed by atoms with Crippen LogP contribution in [0, 0.1) is 6.92 Å². The van der Waals surface area contributed by atoms with Crippen LogP contribution in [-0.2, 0) is 6.42 Å². The highest BCUT2D eigenvalue weighted by Crippen LogP contribution is 2.31. The van der Waals surface area contributed by atoms with Gasteiger partial charge in [0.15, 0.2) is 0 Å². The molecule has 0 aliphatic carbocycles. The molecule has 0 bridgehead atoms. The van der Waals surface area contributed by atoms with Crippen molar-refractivity contribution in [2.24, 2.45) is 5.73 Å². The number of carbonyl (C=O) groups excluding carboxylic acids is 1. The normalized spacial score (nSPS) is 14.2. The van der Waals surface area contributed by atoms with E-state index in [0.29, 0.717) is 0 Å². The first-order valence-electron chi connectivity index (χ1n) is 6.89. The summed E-state index contributed by atoms with van der Waals surface area (Å²) in [6.45, 7) is 2.90. The number of aromatic nitrogens is 2. The lowest BCUT2D eigenvalue weighted by Crippen LogP contribution is -2.23. The molecule has 1 aliphatic rings. The SMILES string of the molecule is Cc1ccc(-c2nn(C(N)=O)c3c2CCCCN3)cc1. The molecule has 0 unspecified atom stereocenters. The lowest BCUT2D eigenvalue weighted by Gasteiger charge is -2.04. The lowest BCUT2D eigenvalue weighted by molar-refractivity contribution is 0.248. The molecule has 0 saturated heterocycles. The minimum atomic E-state index is -0.547. The molecule has 2 heterocycles. The van der Waals surface area contributed by atoms with E-state index in [4.69, 9.17) is 5.73 Å². The molecule has 3 rings (SSSR count). The number of anilines is 1. The van der Waals surface area contributed by atoms with Gasteiger partial charge < -0.3 is 11.1 Å². The molecule has 0 spiro atoms. The van der Waals surface area contributed by atoms with Crippen molar-refractivity contribution in [3.8, 4) is 11.3 Å². The molecule has 3 N–H and O–H groups in total. The van der Waals surface area contributed by atoms with Gasteiger partial charge in [0.05, 0.1) is 5.69 Å². The van der Waals surface area contributed by atoms with E-state index in [0.717, 1.165) is 48.4 Å². The Bertz CT molecular complexity index is 643. The maximum Gasteiger partial charge on any atom is 0.341 e. The summed E-state index contributed by atoms with van der Waals surface area (Å²) < 4.78 is 1.29. The summed E-state index contributed by atoms with van der Waals surface area (Å²) in [5, 5.41) is 7.69. The Morgan fingerprint density at radius 1 is 1.30 bits per heavy atom. The molecule has 20 heavy (non-hydrogen) atoms. The van der Waals surface area contributed by atoms with E-state index in [1.807, 2.05) is 19.1 Å². The Labute approximate surface area is 117 Å². The highest BCUT2D eigenvalue weighted by Gasteiger charge is 2.22. The third kappa shape index (κ3) is 2.15.